The molecule has 0 amide bonds. The van der Waals surface area contributed by atoms with Crippen LogP contribution in [-0.2, 0) is 4.79 Å². The van der Waals surface area contributed by atoms with Crippen LogP contribution in [0.2, 0.25) is 0 Å². The van der Waals surface area contributed by atoms with Gasteiger partial charge in [0.05, 0.1) is 0 Å². The minimum Gasteiger partial charge on any atom is -0.300 e. The highest BCUT2D eigenvalue weighted by Crippen LogP contribution is 2.13. The molecule has 1 nitrogen and oxygen atoms in total. The Bertz CT molecular complexity index is 380. The third-order valence-electron chi connectivity index (χ3n) is 5.74. The fraction of sp³-hybridized carbons (Fsp3) is 0.821. The van der Waals surface area contributed by atoms with E-state index in [4.69, 9.17) is 0 Å². The van der Waals surface area contributed by atoms with Crippen LogP contribution in [0.4, 0.5) is 0 Å². The molecule has 0 aromatic heterocycles. The van der Waals surface area contributed by atoms with Gasteiger partial charge in [-0.15, -0.1) is 0 Å². The summed E-state index contributed by atoms with van der Waals surface area (Å²) >= 11 is 0. The summed E-state index contributed by atoms with van der Waals surface area (Å²) in [5.74, 6) is 0.504. The number of hydrogen-bond donors (Lipinski definition) is 0. The normalized spacial score (nSPS) is 11.8. The second-order valence-electron chi connectivity index (χ2n) is 8.78. The Balaban J connectivity index is 3.24. The monoisotopic (exact) mass is 404 g/mol. The zero-order chi connectivity index (χ0) is 21.3. The van der Waals surface area contributed by atoms with E-state index in [1.807, 2.05) is 0 Å². The standard InChI is InChI=1S/C28H52O/c1-3-5-7-9-11-13-14-15-16-17-18-19-21-23-25-27-28(29)26-24-22-20-12-10-8-6-4-2/h11,13-15H,3-10,12,16-27H2,1-2H3/b13-11+,15-14-. The Morgan fingerprint density at radius 1 is 0.483 bits per heavy atom. The molecule has 170 valence electrons. The molecule has 0 unspecified atom stereocenters. The van der Waals surface area contributed by atoms with Crippen LogP contribution in [0.25, 0.3) is 0 Å². The summed E-state index contributed by atoms with van der Waals surface area (Å²) in [7, 11) is 0. The number of rotatable bonds is 23. The molecule has 0 saturated heterocycles. The number of ketones is 1. The Hall–Kier alpha value is -0.850. The molecule has 0 atom stereocenters. The third-order valence-corrected chi connectivity index (χ3v) is 5.74. The summed E-state index contributed by atoms with van der Waals surface area (Å²) in [6.45, 7) is 4.52. The lowest BCUT2D eigenvalue weighted by Crippen LogP contribution is -1.97. The highest BCUT2D eigenvalue weighted by molar-refractivity contribution is 5.78. The highest BCUT2D eigenvalue weighted by atomic mass is 16.1. The largest absolute Gasteiger partial charge is 0.300 e. The summed E-state index contributed by atoms with van der Waals surface area (Å²) in [5.41, 5.74) is 0. The van der Waals surface area contributed by atoms with Gasteiger partial charge in [0.1, 0.15) is 5.78 Å². The lowest BCUT2D eigenvalue weighted by molar-refractivity contribution is -0.119. The Kier molecular flexibility index (Phi) is 24.4. The van der Waals surface area contributed by atoms with Gasteiger partial charge >= 0.3 is 0 Å². The second-order valence-corrected chi connectivity index (χ2v) is 8.78. The Morgan fingerprint density at radius 3 is 1.31 bits per heavy atom. The van der Waals surface area contributed by atoms with E-state index in [2.05, 4.69) is 38.2 Å². The van der Waals surface area contributed by atoms with Crippen molar-refractivity contribution in [2.45, 2.75) is 149 Å². The van der Waals surface area contributed by atoms with Gasteiger partial charge in [-0.1, -0.05) is 122 Å². The van der Waals surface area contributed by atoms with Crippen LogP contribution in [0.5, 0.6) is 0 Å². The molecular formula is C28H52O. The summed E-state index contributed by atoms with van der Waals surface area (Å²) in [4.78, 5) is 11.9. The highest BCUT2D eigenvalue weighted by Gasteiger charge is 2.02. The summed E-state index contributed by atoms with van der Waals surface area (Å²) in [6.07, 6.45) is 35.2. The molecule has 0 N–H and O–H groups in total. The third kappa shape index (κ3) is 25.1. The molecule has 0 radical (unpaired) electrons. The van der Waals surface area contributed by atoms with E-state index in [1.54, 1.807) is 0 Å². The van der Waals surface area contributed by atoms with E-state index < -0.39 is 0 Å². The van der Waals surface area contributed by atoms with Crippen LogP contribution in [0.3, 0.4) is 0 Å². The van der Waals surface area contributed by atoms with E-state index >= 15 is 0 Å². The molecule has 0 saturated carbocycles. The molecule has 0 aromatic carbocycles. The quantitative estimate of drug-likeness (QED) is 0.122. The average molecular weight is 405 g/mol. The molecule has 0 bridgehead atoms. The topological polar surface area (TPSA) is 17.1 Å². The summed E-state index contributed by atoms with van der Waals surface area (Å²) in [6, 6.07) is 0. The number of carbonyl (C=O) groups excluding carboxylic acids is 1. The van der Waals surface area contributed by atoms with Crippen molar-refractivity contribution in [3.05, 3.63) is 24.3 Å². The minimum atomic E-state index is 0.504. The molecule has 0 fully saturated rings. The molecule has 0 rings (SSSR count). The molecule has 0 aliphatic heterocycles. The van der Waals surface area contributed by atoms with E-state index in [0.29, 0.717) is 5.78 Å². The van der Waals surface area contributed by atoms with Gasteiger partial charge in [-0.3, -0.25) is 4.79 Å². The first-order chi connectivity index (χ1) is 14.3. The predicted molar refractivity (Wildman–Crippen MR) is 132 cm³/mol. The van der Waals surface area contributed by atoms with Crippen molar-refractivity contribution in [1.29, 1.82) is 0 Å². The average Bonchev–Trinajstić information content (AvgIpc) is 2.72. The number of Topliss-reactive ketones (excluding diaryl/α,β-unsaturated/α-hetero) is 1. The fourth-order valence-corrected chi connectivity index (χ4v) is 3.73. The number of unbranched alkanes of at least 4 members (excludes halogenated alkanes) is 16. The zero-order valence-corrected chi connectivity index (χ0v) is 20.1. The Morgan fingerprint density at radius 2 is 0.828 bits per heavy atom. The summed E-state index contributed by atoms with van der Waals surface area (Å²) < 4.78 is 0. The van der Waals surface area contributed by atoms with Crippen molar-refractivity contribution in [3.63, 3.8) is 0 Å². The molecule has 0 aliphatic rings. The van der Waals surface area contributed by atoms with Crippen LogP contribution in [0.1, 0.15) is 149 Å². The molecule has 0 heterocycles. The molecule has 0 spiro atoms. The van der Waals surface area contributed by atoms with Crippen molar-refractivity contribution in [3.8, 4) is 0 Å². The van der Waals surface area contributed by atoms with Crippen LogP contribution in [0.15, 0.2) is 24.3 Å². The van der Waals surface area contributed by atoms with E-state index in [9.17, 15) is 4.79 Å². The van der Waals surface area contributed by atoms with Gasteiger partial charge in [0.15, 0.2) is 0 Å². The van der Waals surface area contributed by atoms with Crippen molar-refractivity contribution >= 4 is 5.78 Å². The van der Waals surface area contributed by atoms with Crippen LogP contribution < -0.4 is 0 Å². The van der Waals surface area contributed by atoms with E-state index in [1.165, 1.54) is 109 Å². The van der Waals surface area contributed by atoms with Gasteiger partial charge in [-0.05, 0) is 38.5 Å². The van der Waals surface area contributed by atoms with Crippen molar-refractivity contribution in [2.75, 3.05) is 0 Å². The van der Waals surface area contributed by atoms with Crippen LogP contribution in [-0.4, -0.2) is 5.78 Å². The maximum Gasteiger partial charge on any atom is 0.132 e. The second kappa shape index (κ2) is 25.2. The first-order valence-electron chi connectivity index (χ1n) is 13.1. The molecule has 0 aliphatic carbocycles. The van der Waals surface area contributed by atoms with Crippen LogP contribution in [0, 0.1) is 0 Å². The van der Waals surface area contributed by atoms with E-state index in [-0.39, 0.29) is 0 Å². The van der Waals surface area contributed by atoms with E-state index in [0.717, 1.165) is 25.7 Å². The molecular weight excluding hydrogens is 352 g/mol. The maximum atomic E-state index is 11.9. The van der Waals surface area contributed by atoms with Gasteiger partial charge in [0, 0.05) is 12.8 Å². The smallest absolute Gasteiger partial charge is 0.132 e. The maximum absolute atomic E-state index is 11.9. The molecule has 0 aromatic rings. The minimum absolute atomic E-state index is 0.504. The zero-order valence-electron chi connectivity index (χ0n) is 20.1. The van der Waals surface area contributed by atoms with Gasteiger partial charge in [0.2, 0.25) is 0 Å². The molecule has 29 heavy (non-hydrogen) atoms. The first kappa shape index (κ1) is 28.1. The predicted octanol–water partition coefficient (Wildman–Crippen LogP) is 9.90. The fourth-order valence-electron chi connectivity index (χ4n) is 3.73. The lowest BCUT2D eigenvalue weighted by Gasteiger charge is -2.03. The Labute approximate surface area is 183 Å². The number of hydrogen-bond acceptors (Lipinski definition) is 1. The number of allylic oxidation sites excluding steroid dienone is 4. The number of carbonyl (C=O) groups is 1. The SMILES string of the molecule is CCCCC/C=C/C=C\CCCCCCCCC(=O)CCCCCCCCCC. The van der Waals surface area contributed by atoms with Crippen LogP contribution >= 0.6 is 0 Å². The van der Waals surface area contributed by atoms with Crippen molar-refractivity contribution < 1.29 is 4.79 Å². The van der Waals surface area contributed by atoms with Gasteiger partial charge in [-0.2, -0.15) is 0 Å². The lowest BCUT2D eigenvalue weighted by atomic mass is 10.0. The van der Waals surface area contributed by atoms with Gasteiger partial charge in [0.25, 0.3) is 0 Å². The van der Waals surface area contributed by atoms with Crippen molar-refractivity contribution in [1.82, 2.24) is 0 Å². The van der Waals surface area contributed by atoms with Gasteiger partial charge < -0.3 is 0 Å². The molecule has 1 heteroatoms. The first-order valence-corrected chi connectivity index (χ1v) is 13.1. The van der Waals surface area contributed by atoms with Crippen molar-refractivity contribution in [2.24, 2.45) is 0 Å². The summed E-state index contributed by atoms with van der Waals surface area (Å²) in [5, 5.41) is 0. The van der Waals surface area contributed by atoms with Gasteiger partial charge in [-0.25, -0.2) is 0 Å².